The van der Waals surface area contributed by atoms with Crippen LogP contribution in [0.25, 0.3) is 11.1 Å². The van der Waals surface area contributed by atoms with E-state index in [0.29, 0.717) is 11.3 Å². The van der Waals surface area contributed by atoms with Crippen molar-refractivity contribution in [1.82, 2.24) is 0 Å². The van der Waals surface area contributed by atoms with E-state index in [2.05, 4.69) is 11.9 Å². The molecular formula is C19H19NO4. The quantitative estimate of drug-likeness (QED) is 0.495. The maximum atomic E-state index is 11.9. The predicted octanol–water partition coefficient (Wildman–Crippen LogP) is 4.02. The van der Waals surface area contributed by atoms with Crippen molar-refractivity contribution in [1.29, 1.82) is 0 Å². The standard InChI is InChI=1S/C19H19NO4/c1-14(2)18(21)23-12-13-24-19(22)20-17-11-7-6-10-16(17)15-8-4-3-5-9-15/h3-11H,1,12-13H2,2H3,(H,20,22). The van der Waals surface area contributed by atoms with E-state index in [1.165, 1.54) is 0 Å². The van der Waals surface area contributed by atoms with E-state index in [1.807, 2.05) is 48.5 Å². The summed E-state index contributed by atoms with van der Waals surface area (Å²) < 4.78 is 9.86. The van der Waals surface area contributed by atoms with Crippen molar-refractivity contribution in [3.63, 3.8) is 0 Å². The minimum atomic E-state index is -0.607. The van der Waals surface area contributed by atoms with E-state index >= 15 is 0 Å². The van der Waals surface area contributed by atoms with Crippen molar-refractivity contribution in [2.24, 2.45) is 0 Å². The number of esters is 1. The van der Waals surface area contributed by atoms with Gasteiger partial charge in [0.15, 0.2) is 0 Å². The molecular weight excluding hydrogens is 306 g/mol. The van der Waals surface area contributed by atoms with Crippen molar-refractivity contribution in [2.75, 3.05) is 18.5 Å². The van der Waals surface area contributed by atoms with Gasteiger partial charge < -0.3 is 9.47 Å². The first-order valence-corrected chi connectivity index (χ1v) is 7.49. The fraction of sp³-hybridized carbons (Fsp3) is 0.158. The number of rotatable bonds is 6. The molecule has 0 aromatic heterocycles. The number of amides is 1. The molecule has 0 radical (unpaired) electrons. The second-order valence-corrected chi connectivity index (χ2v) is 5.09. The van der Waals surface area contributed by atoms with Crippen molar-refractivity contribution in [2.45, 2.75) is 6.92 Å². The molecule has 0 fully saturated rings. The molecule has 2 aromatic rings. The SMILES string of the molecule is C=C(C)C(=O)OCCOC(=O)Nc1ccccc1-c1ccccc1. The van der Waals surface area contributed by atoms with Gasteiger partial charge in [-0.25, -0.2) is 9.59 Å². The lowest BCUT2D eigenvalue weighted by atomic mass is 10.0. The summed E-state index contributed by atoms with van der Waals surface area (Å²) in [6.45, 7) is 4.98. The average Bonchev–Trinajstić information content (AvgIpc) is 2.59. The highest BCUT2D eigenvalue weighted by Crippen LogP contribution is 2.27. The number of para-hydroxylation sites is 1. The van der Waals surface area contributed by atoms with Gasteiger partial charge in [0.05, 0.1) is 5.69 Å². The Morgan fingerprint density at radius 2 is 1.58 bits per heavy atom. The molecule has 124 valence electrons. The Labute approximate surface area is 140 Å². The molecule has 0 heterocycles. The number of nitrogens with one attached hydrogen (secondary N) is 1. The first-order chi connectivity index (χ1) is 11.6. The van der Waals surface area contributed by atoms with E-state index in [4.69, 9.17) is 9.47 Å². The van der Waals surface area contributed by atoms with Crippen LogP contribution in [0.5, 0.6) is 0 Å². The summed E-state index contributed by atoms with van der Waals surface area (Å²) in [5.41, 5.74) is 2.83. The van der Waals surface area contributed by atoms with Gasteiger partial charge in [0, 0.05) is 11.1 Å². The number of ether oxygens (including phenoxy) is 2. The third-order valence-electron chi connectivity index (χ3n) is 3.15. The van der Waals surface area contributed by atoms with Crippen molar-refractivity contribution < 1.29 is 19.1 Å². The second-order valence-electron chi connectivity index (χ2n) is 5.09. The predicted molar refractivity (Wildman–Crippen MR) is 92.6 cm³/mol. The van der Waals surface area contributed by atoms with Crippen molar-refractivity contribution >= 4 is 17.7 Å². The van der Waals surface area contributed by atoms with Crippen LogP contribution in [0.4, 0.5) is 10.5 Å². The summed E-state index contributed by atoms with van der Waals surface area (Å²) >= 11 is 0. The highest BCUT2D eigenvalue weighted by molar-refractivity contribution is 5.91. The topological polar surface area (TPSA) is 64.6 Å². The molecule has 5 heteroatoms. The number of benzene rings is 2. The number of hydrogen-bond donors (Lipinski definition) is 1. The summed E-state index contributed by atoms with van der Waals surface area (Å²) in [4.78, 5) is 23.1. The van der Waals surface area contributed by atoms with Gasteiger partial charge in [0.1, 0.15) is 13.2 Å². The van der Waals surface area contributed by atoms with Gasteiger partial charge in [0.2, 0.25) is 0 Å². The van der Waals surface area contributed by atoms with Gasteiger partial charge in [-0.05, 0) is 18.6 Å². The van der Waals surface area contributed by atoms with Gasteiger partial charge in [0.25, 0.3) is 0 Å². The molecule has 0 aliphatic rings. The first-order valence-electron chi connectivity index (χ1n) is 7.49. The molecule has 1 amide bonds. The maximum absolute atomic E-state index is 11.9. The zero-order chi connectivity index (χ0) is 17.4. The smallest absolute Gasteiger partial charge is 0.411 e. The van der Waals surface area contributed by atoms with Crippen LogP contribution in [-0.4, -0.2) is 25.3 Å². The number of carbonyl (C=O) groups excluding carboxylic acids is 2. The molecule has 0 saturated carbocycles. The van der Waals surface area contributed by atoms with E-state index in [-0.39, 0.29) is 13.2 Å². The van der Waals surface area contributed by atoms with Crippen molar-refractivity contribution in [3.05, 3.63) is 66.7 Å². The monoisotopic (exact) mass is 325 g/mol. The Kier molecular flexibility index (Phi) is 6.14. The molecule has 1 N–H and O–H groups in total. The average molecular weight is 325 g/mol. The minimum Gasteiger partial charge on any atom is -0.459 e. The van der Waals surface area contributed by atoms with Gasteiger partial charge in [-0.2, -0.15) is 0 Å². The van der Waals surface area contributed by atoms with Crippen LogP contribution >= 0.6 is 0 Å². The lowest BCUT2D eigenvalue weighted by molar-refractivity contribution is -0.139. The highest BCUT2D eigenvalue weighted by atomic mass is 16.6. The Morgan fingerprint density at radius 3 is 2.29 bits per heavy atom. The van der Waals surface area contributed by atoms with Crippen LogP contribution in [0, 0.1) is 0 Å². The highest BCUT2D eigenvalue weighted by Gasteiger charge is 2.09. The van der Waals surface area contributed by atoms with Crippen LogP contribution in [0.15, 0.2) is 66.7 Å². The van der Waals surface area contributed by atoms with Crippen LogP contribution in [0.3, 0.4) is 0 Å². The molecule has 0 aliphatic carbocycles. The summed E-state index contributed by atoms with van der Waals surface area (Å²) in [6.07, 6.45) is -0.607. The Balaban J connectivity index is 1.91. The minimum absolute atomic E-state index is 0.0144. The number of carbonyl (C=O) groups is 2. The molecule has 24 heavy (non-hydrogen) atoms. The summed E-state index contributed by atoms with van der Waals surface area (Å²) in [5, 5.41) is 2.70. The summed E-state index contributed by atoms with van der Waals surface area (Å²) in [7, 11) is 0. The molecule has 0 aliphatic heterocycles. The third-order valence-corrected chi connectivity index (χ3v) is 3.15. The Bertz CT molecular complexity index is 725. The molecule has 2 aromatic carbocycles. The Hall–Kier alpha value is -3.08. The van der Waals surface area contributed by atoms with Crippen molar-refractivity contribution in [3.8, 4) is 11.1 Å². The lowest BCUT2D eigenvalue weighted by Crippen LogP contribution is -2.18. The molecule has 0 bridgehead atoms. The van der Waals surface area contributed by atoms with Gasteiger partial charge in [-0.3, -0.25) is 5.32 Å². The normalized spacial score (nSPS) is 9.88. The first kappa shape index (κ1) is 17.3. The van der Waals surface area contributed by atoms with Crippen LogP contribution in [0.2, 0.25) is 0 Å². The van der Waals surface area contributed by atoms with Gasteiger partial charge >= 0.3 is 12.1 Å². The van der Waals surface area contributed by atoms with Crippen LogP contribution < -0.4 is 5.32 Å². The van der Waals surface area contributed by atoms with Gasteiger partial charge in [-0.15, -0.1) is 0 Å². The molecule has 0 spiro atoms. The molecule has 0 atom stereocenters. The molecule has 5 nitrogen and oxygen atoms in total. The number of anilines is 1. The van der Waals surface area contributed by atoms with Crippen LogP contribution in [0.1, 0.15) is 6.92 Å². The third kappa shape index (κ3) is 4.98. The van der Waals surface area contributed by atoms with E-state index < -0.39 is 12.1 Å². The Morgan fingerprint density at radius 1 is 0.958 bits per heavy atom. The molecule has 0 unspecified atom stereocenters. The summed E-state index contributed by atoms with van der Waals surface area (Å²) in [6, 6.07) is 17.2. The molecule has 2 rings (SSSR count). The van der Waals surface area contributed by atoms with Crippen LogP contribution in [-0.2, 0) is 14.3 Å². The largest absolute Gasteiger partial charge is 0.459 e. The van der Waals surface area contributed by atoms with E-state index in [0.717, 1.165) is 11.1 Å². The zero-order valence-electron chi connectivity index (χ0n) is 13.5. The van der Waals surface area contributed by atoms with E-state index in [9.17, 15) is 9.59 Å². The van der Waals surface area contributed by atoms with Gasteiger partial charge in [-0.1, -0.05) is 55.1 Å². The fourth-order valence-corrected chi connectivity index (χ4v) is 2.00. The molecule has 0 saturated heterocycles. The zero-order valence-corrected chi connectivity index (χ0v) is 13.5. The summed E-state index contributed by atoms with van der Waals surface area (Å²) in [5.74, 6) is -0.506. The second kappa shape index (κ2) is 8.53. The van der Waals surface area contributed by atoms with E-state index in [1.54, 1.807) is 13.0 Å². The lowest BCUT2D eigenvalue weighted by Gasteiger charge is -2.11. The fourth-order valence-electron chi connectivity index (χ4n) is 2.00. The maximum Gasteiger partial charge on any atom is 0.411 e. The number of hydrogen-bond acceptors (Lipinski definition) is 4.